The van der Waals surface area contributed by atoms with Gasteiger partial charge in [-0.15, -0.1) is 11.8 Å². The number of carbonyl (C=O) groups excluding carboxylic acids is 3. The Morgan fingerprint density at radius 2 is 1.69 bits per heavy atom. The van der Waals surface area contributed by atoms with Gasteiger partial charge in [0.2, 0.25) is 11.8 Å². The first kappa shape index (κ1) is 19.5. The predicted molar refractivity (Wildman–Crippen MR) is 112 cm³/mol. The van der Waals surface area contributed by atoms with Gasteiger partial charge in [0.1, 0.15) is 12.1 Å². The van der Waals surface area contributed by atoms with Crippen molar-refractivity contribution in [3.63, 3.8) is 0 Å². The van der Waals surface area contributed by atoms with Crippen molar-refractivity contribution in [1.29, 1.82) is 0 Å². The van der Waals surface area contributed by atoms with Crippen molar-refractivity contribution in [2.24, 2.45) is 0 Å². The highest BCUT2D eigenvalue weighted by Gasteiger charge is 2.46. The van der Waals surface area contributed by atoms with Gasteiger partial charge in [0.05, 0.1) is 11.9 Å². The summed E-state index contributed by atoms with van der Waals surface area (Å²) in [5.41, 5.74) is 1.59. The minimum Gasteiger partial charge on any atom is -0.339 e. The van der Waals surface area contributed by atoms with Gasteiger partial charge >= 0.3 is 0 Å². The number of rotatable bonds is 4. The fourth-order valence-corrected chi connectivity index (χ4v) is 5.18. The van der Waals surface area contributed by atoms with Crippen LogP contribution in [0.1, 0.15) is 22.8 Å². The number of carbonyl (C=O) groups is 3. The largest absolute Gasteiger partial charge is 0.339 e. The molecule has 2 fully saturated rings. The van der Waals surface area contributed by atoms with E-state index in [1.54, 1.807) is 47.9 Å². The third kappa shape index (κ3) is 4.00. The summed E-state index contributed by atoms with van der Waals surface area (Å²) in [6.45, 7) is 2.80. The Hall–Kier alpha value is -2.80. The average molecular weight is 410 g/mol. The van der Waals surface area contributed by atoms with Crippen LogP contribution in [-0.2, 0) is 16.1 Å². The summed E-state index contributed by atoms with van der Waals surface area (Å²) in [5, 5.41) is 2.73. The molecule has 0 aromatic heterocycles. The maximum atomic E-state index is 13.1. The molecule has 3 amide bonds. The smallest absolute Gasteiger partial charge is 0.251 e. The van der Waals surface area contributed by atoms with Crippen molar-refractivity contribution < 1.29 is 14.4 Å². The van der Waals surface area contributed by atoms with Crippen molar-refractivity contribution in [1.82, 2.24) is 15.1 Å². The van der Waals surface area contributed by atoms with Crippen LogP contribution in [0.15, 0.2) is 60.7 Å². The first-order chi connectivity index (χ1) is 14.0. The summed E-state index contributed by atoms with van der Waals surface area (Å²) < 4.78 is 0. The van der Waals surface area contributed by atoms with E-state index in [-0.39, 0.29) is 23.1 Å². The Bertz CT molecular complexity index is 906. The number of nitrogens with one attached hydrogen (secondary N) is 1. The van der Waals surface area contributed by atoms with Crippen LogP contribution in [0.2, 0.25) is 0 Å². The second-order valence-electron chi connectivity index (χ2n) is 7.31. The molecule has 2 aliphatic heterocycles. The van der Waals surface area contributed by atoms with E-state index >= 15 is 0 Å². The van der Waals surface area contributed by atoms with E-state index in [1.165, 1.54) is 0 Å². The predicted octanol–water partition coefficient (Wildman–Crippen LogP) is 2.12. The van der Waals surface area contributed by atoms with E-state index in [4.69, 9.17) is 0 Å². The number of hydrogen-bond donors (Lipinski definition) is 1. The molecule has 29 heavy (non-hydrogen) atoms. The molecule has 150 valence electrons. The van der Waals surface area contributed by atoms with Crippen LogP contribution in [0.25, 0.3) is 0 Å². The zero-order valence-electron chi connectivity index (χ0n) is 16.2. The topological polar surface area (TPSA) is 69.7 Å². The molecule has 6 nitrogen and oxygen atoms in total. The molecule has 2 heterocycles. The SMILES string of the molecule is C[C@H]1C(=O)N(Cc2ccccc2)C[C@@H]2SCC(NC(=O)c3ccccc3)C(=O)N21. The van der Waals surface area contributed by atoms with Crippen molar-refractivity contribution in [3.05, 3.63) is 71.8 Å². The maximum absolute atomic E-state index is 13.1. The quantitative estimate of drug-likeness (QED) is 0.840. The van der Waals surface area contributed by atoms with E-state index < -0.39 is 12.1 Å². The second-order valence-corrected chi connectivity index (χ2v) is 8.52. The first-order valence-corrected chi connectivity index (χ1v) is 10.7. The van der Waals surface area contributed by atoms with Crippen molar-refractivity contribution in [2.45, 2.75) is 30.9 Å². The summed E-state index contributed by atoms with van der Waals surface area (Å²) in [6, 6.07) is 17.5. The highest BCUT2D eigenvalue weighted by atomic mass is 32.2. The molecule has 4 rings (SSSR count). The van der Waals surface area contributed by atoms with Crippen molar-refractivity contribution in [2.75, 3.05) is 12.3 Å². The van der Waals surface area contributed by atoms with Gasteiger partial charge in [-0.05, 0) is 24.6 Å². The minimum atomic E-state index is -0.625. The number of nitrogens with zero attached hydrogens (tertiary/aromatic N) is 2. The average Bonchev–Trinajstić information content (AvgIpc) is 2.75. The molecule has 3 atom stereocenters. The zero-order chi connectivity index (χ0) is 20.4. The van der Waals surface area contributed by atoms with Crippen LogP contribution in [-0.4, -0.2) is 57.3 Å². The summed E-state index contributed by atoms with van der Waals surface area (Å²) >= 11 is 1.61. The zero-order valence-corrected chi connectivity index (χ0v) is 17.0. The van der Waals surface area contributed by atoms with Crippen molar-refractivity contribution >= 4 is 29.5 Å². The lowest BCUT2D eigenvalue weighted by Gasteiger charge is -2.48. The molecule has 1 unspecified atom stereocenters. The van der Waals surface area contributed by atoms with E-state index in [1.807, 2.05) is 41.3 Å². The number of amides is 3. The summed E-state index contributed by atoms with van der Waals surface area (Å²) in [6.07, 6.45) is 0. The van der Waals surface area contributed by atoms with Gasteiger partial charge in [-0.25, -0.2) is 0 Å². The van der Waals surface area contributed by atoms with Crippen LogP contribution in [0.4, 0.5) is 0 Å². The van der Waals surface area contributed by atoms with Gasteiger partial charge in [-0.2, -0.15) is 0 Å². The molecule has 7 heteroatoms. The Balaban J connectivity index is 1.45. The molecule has 2 aliphatic rings. The fraction of sp³-hybridized carbons (Fsp3) is 0.318. The molecule has 2 saturated heterocycles. The molecule has 2 aromatic carbocycles. The summed E-state index contributed by atoms with van der Waals surface area (Å²) in [7, 11) is 0. The van der Waals surface area contributed by atoms with E-state index in [2.05, 4.69) is 5.32 Å². The number of piperazine rings is 1. The lowest BCUT2D eigenvalue weighted by atomic mass is 10.1. The Kier molecular flexibility index (Phi) is 5.58. The molecule has 1 N–H and O–H groups in total. The minimum absolute atomic E-state index is 0.0610. The lowest BCUT2D eigenvalue weighted by Crippen LogP contribution is -2.67. The molecule has 2 aromatic rings. The van der Waals surface area contributed by atoms with Gasteiger partial charge in [0.25, 0.3) is 5.91 Å². The van der Waals surface area contributed by atoms with Crippen LogP contribution >= 0.6 is 11.8 Å². The molecule has 0 aliphatic carbocycles. The molecular weight excluding hydrogens is 386 g/mol. The van der Waals surface area contributed by atoms with Crippen LogP contribution in [0, 0.1) is 0 Å². The van der Waals surface area contributed by atoms with E-state index in [0.29, 0.717) is 24.4 Å². The van der Waals surface area contributed by atoms with Crippen LogP contribution < -0.4 is 5.32 Å². The molecule has 0 spiro atoms. The monoisotopic (exact) mass is 409 g/mol. The molecule has 0 saturated carbocycles. The molecular formula is C22H23N3O3S. The highest BCUT2D eigenvalue weighted by molar-refractivity contribution is 8.00. The van der Waals surface area contributed by atoms with Crippen LogP contribution in [0.3, 0.4) is 0 Å². The Morgan fingerprint density at radius 3 is 2.38 bits per heavy atom. The van der Waals surface area contributed by atoms with Crippen molar-refractivity contribution in [3.8, 4) is 0 Å². The van der Waals surface area contributed by atoms with Gasteiger partial charge in [-0.1, -0.05) is 48.5 Å². The second kappa shape index (κ2) is 8.29. The van der Waals surface area contributed by atoms with Gasteiger partial charge in [0.15, 0.2) is 0 Å². The highest BCUT2D eigenvalue weighted by Crippen LogP contribution is 2.32. The third-order valence-corrected chi connectivity index (χ3v) is 6.63. The first-order valence-electron chi connectivity index (χ1n) is 9.67. The van der Waals surface area contributed by atoms with Crippen LogP contribution in [0.5, 0.6) is 0 Å². The third-order valence-electron chi connectivity index (χ3n) is 5.34. The number of hydrogen-bond acceptors (Lipinski definition) is 4. The number of thioether (sulfide) groups is 1. The Morgan fingerprint density at radius 1 is 1.03 bits per heavy atom. The molecule has 0 radical (unpaired) electrons. The van der Waals surface area contributed by atoms with Gasteiger partial charge in [0, 0.05) is 17.9 Å². The normalized spacial score (nSPS) is 24.2. The standard InChI is InChI=1S/C22H23N3O3S/c1-15-21(27)24(12-16-8-4-2-5-9-16)13-19-25(15)22(28)18(14-29-19)23-20(26)17-10-6-3-7-11-17/h2-11,15,18-19H,12-14H2,1H3,(H,23,26)/t15-,18?,19-/m0/s1. The Labute approximate surface area is 174 Å². The summed E-state index contributed by atoms with van der Waals surface area (Å²) in [4.78, 5) is 41.9. The fourth-order valence-electron chi connectivity index (χ4n) is 3.80. The van der Waals surface area contributed by atoms with Gasteiger partial charge < -0.3 is 15.1 Å². The number of benzene rings is 2. The number of fused-ring (bicyclic) bond motifs is 1. The maximum Gasteiger partial charge on any atom is 0.251 e. The van der Waals surface area contributed by atoms with E-state index in [9.17, 15) is 14.4 Å². The summed E-state index contributed by atoms with van der Waals surface area (Å²) in [5.74, 6) is -0.0180. The van der Waals surface area contributed by atoms with E-state index in [0.717, 1.165) is 5.56 Å². The van der Waals surface area contributed by atoms with Gasteiger partial charge in [-0.3, -0.25) is 14.4 Å². The molecule has 0 bridgehead atoms. The lowest BCUT2D eigenvalue weighted by molar-refractivity contribution is -0.153.